The smallest absolute Gasteiger partial charge is 0.335 e. The summed E-state index contributed by atoms with van der Waals surface area (Å²) >= 11 is 0. The molecule has 1 aliphatic rings. The second-order valence-electron chi connectivity index (χ2n) is 11.3. The van der Waals surface area contributed by atoms with Gasteiger partial charge >= 0.3 is 5.97 Å². The summed E-state index contributed by atoms with van der Waals surface area (Å²) in [5.41, 5.74) is 8.28. The van der Waals surface area contributed by atoms with Gasteiger partial charge in [0.05, 0.1) is 11.8 Å². The third-order valence-corrected chi connectivity index (χ3v) is 8.14. The molecule has 0 bridgehead atoms. The number of carboxylic acid groups (broad SMARTS) is 1. The van der Waals surface area contributed by atoms with Gasteiger partial charge in [0, 0.05) is 36.1 Å². The van der Waals surface area contributed by atoms with Gasteiger partial charge in [0.25, 0.3) is 0 Å². The number of aromatic nitrogens is 2. The Morgan fingerprint density at radius 2 is 1.66 bits per heavy atom. The number of nitrogens with one attached hydrogen (secondary N) is 1. The number of hydrogen-bond donors (Lipinski definition) is 2. The zero-order valence-corrected chi connectivity index (χ0v) is 25.4. The van der Waals surface area contributed by atoms with Crippen molar-refractivity contribution in [1.82, 2.24) is 9.38 Å². The molecule has 1 saturated heterocycles. The van der Waals surface area contributed by atoms with Crippen LogP contribution < -0.4 is 10.2 Å². The Bertz CT molecular complexity index is 2070. The van der Waals surface area contributed by atoms with Crippen molar-refractivity contribution in [2.24, 2.45) is 5.16 Å². The number of nitrogens with zero attached hydrogens (tertiary/aromatic N) is 4. The molecule has 0 radical (unpaired) electrons. The van der Waals surface area contributed by atoms with Crippen molar-refractivity contribution < 1.29 is 19.5 Å². The lowest BCUT2D eigenvalue weighted by atomic mass is 10.1. The molecule has 1 amide bonds. The molecule has 232 valence electrons. The van der Waals surface area contributed by atoms with Crippen LogP contribution in [-0.2, 0) is 16.2 Å². The standard InChI is InChI=1S/C38H31N5O4/c44-35-7-4-21-42(35)33-18-10-26(11-19-33)24-39-47-25-27-8-12-29(13-9-27)36-37(40-32-16-14-30(15-17-32)38(45)46)43-22-20-31(23-34(43)41-36)28-5-2-1-3-6-28/h1-3,5-6,8-20,22-24,40H,4,7,21,25H2,(H,45,46)/b39-24+. The van der Waals surface area contributed by atoms with Crippen LogP contribution in [-0.4, -0.2) is 39.1 Å². The third-order valence-electron chi connectivity index (χ3n) is 8.14. The number of carbonyl (C=O) groups excluding carboxylic acids is 1. The zero-order chi connectivity index (χ0) is 32.2. The number of rotatable bonds is 10. The molecular weight excluding hydrogens is 590 g/mol. The Labute approximate surface area is 271 Å². The average molecular weight is 622 g/mol. The lowest BCUT2D eigenvalue weighted by Gasteiger charge is -2.15. The molecule has 9 heteroatoms. The maximum absolute atomic E-state index is 12.0. The summed E-state index contributed by atoms with van der Waals surface area (Å²) in [7, 11) is 0. The van der Waals surface area contributed by atoms with Crippen LogP contribution in [0.4, 0.5) is 17.2 Å². The third kappa shape index (κ3) is 6.46. The molecule has 0 saturated carbocycles. The molecule has 3 heterocycles. The van der Waals surface area contributed by atoms with Crippen molar-refractivity contribution in [2.75, 3.05) is 16.8 Å². The van der Waals surface area contributed by atoms with Crippen LogP contribution in [0.5, 0.6) is 0 Å². The summed E-state index contributed by atoms with van der Waals surface area (Å²) in [6, 6.07) is 36.6. The highest BCUT2D eigenvalue weighted by Crippen LogP contribution is 2.33. The fraction of sp³-hybridized carbons (Fsp3) is 0.105. The van der Waals surface area contributed by atoms with Crippen LogP contribution in [0.2, 0.25) is 0 Å². The zero-order valence-electron chi connectivity index (χ0n) is 25.4. The van der Waals surface area contributed by atoms with E-state index in [2.05, 4.69) is 34.7 Å². The van der Waals surface area contributed by atoms with Crippen molar-refractivity contribution in [2.45, 2.75) is 19.4 Å². The molecule has 0 atom stereocenters. The van der Waals surface area contributed by atoms with Crippen molar-refractivity contribution in [1.29, 1.82) is 0 Å². The van der Waals surface area contributed by atoms with Gasteiger partial charge in [-0.15, -0.1) is 0 Å². The van der Waals surface area contributed by atoms with Crippen LogP contribution in [0.3, 0.4) is 0 Å². The topological polar surface area (TPSA) is 109 Å². The quantitative estimate of drug-likeness (QED) is 0.119. The Morgan fingerprint density at radius 3 is 2.36 bits per heavy atom. The minimum atomic E-state index is -0.972. The Morgan fingerprint density at radius 1 is 0.894 bits per heavy atom. The number of carboxylic acids is 1. The summed E-state index contributed by atoms with van der Waals surface area (Å²) in [5, 5.41) is 16.9. The molecule has 4 aromatic carbocycles. The van der Waals surface area contributed by atoms with E-state index in [1.54, 1.807) is 30.5 Å². The van der Waals surface area contributed by atoms with Gasteiger partial charge in [0.15, 0.2) is 0 Å². The summed E-state index contributed by atoms with van der Waals surface area (Å²) in [6.45, 7) is 1.06. The highest BCUT2D eigenvalue weighted by atomic mass is 16.6. The van der Waals surface area contributed by atoms with Gasteiger partial charge in [-0.1, -0.05) is 71.9 Å². The van der Waals surface area contributed by atoms with E-state index in [0.717, 1.165) is 69.3 Å². The van der Waals surface area contributed by atoms with Gasteiger partial charge in [-0.3, -0.25) is 9.20 Å². The van der Waals surface area contributed by atoms with Gasteiger partial charge in [0.1, 0.15) is 23.8 Å². The monoisotopic (exact) mass is 621 g/mol. The number of carbonyl (C=O) groups is 2. The molecule has 0 aliphatic carbocycles. The van der Waals surface area contributed by atoms with Crippen LogP contribution in [0.15, 0.2) is 127 Å². The highest BCUT2D eigenvalue weighted by Gasteiger charge is 2.21. The number of anilines is 3. The van der Waals surface area contributed by atoms with E-state index in [0.29, 0.717) is 13.0 Å². The summed E-state index contributed by atoms with van der Waals surface area (Å²) in [4.78, 5) is 35.8. The maximum Gasteiger partial charge on any atom is 0.335 e. The minimum absolute atomic E-state index is 0.166. The number of amides is 1. The Kier molecular flexibility index (Phi) is 8.17. The van der Waals surface area contributed by atoms with E-state index >= 15 is 0 Å². The maximum atomic E-state index is 12.0. The summed E-state index contributed by atoms with van der Waals surface area (Å²) in [5.74, 6) is -0.0455. The summed E-state index contributed by atoms with van der Waals surface area (Å²) in [6.07, 6.45) is 5.15. The van der Waals surface area contributed by atoms with Gasteiger partial charge in [-0.25, -0.2) is 9.78 Å². The van der Waals surface area contributed by atoms with Gasteiger partial charge < -0.3 is 20.2 Å². The lowest BCUT2D eigenvalue weighted by Crippen LogP contribution is -2.23. The molecule has 47 heavy (non-hydrogen) atoms. The fourth-order valence-corrected chi connectivity index (χ4v) is 5.64. The first kappa shape index (κ1) is 29.5. The normalized spacial score (nSPS) is 13.0. The van der Waals surface area contributed by atoms with Crippen LogP contribution >= 0.6 is 0 Å². The predicted octanol–water partition coefficient (Wildman–Crippen LogP) is 7.79. The molecule has 9 nitrogen and oxygen atoms in total. The van der Waals surface area contributed by atoms with Crippen LogP contribution in [0.1, 0.15) is 34.3 Å². The van der Waals surface area contributed by atoms with Gasteiger partial charge in [-0.2, -0.15) is 0 Å². The van der Waals surface area contributed by atoms with Gasteiger partial charge in [-0.05, 0) is 77.2 Å². The molecule has 1 fully saturated rings. The predicted molar refractivity (Wildman–Crippen MR) is 183 cm³/mol. The van der Waals surface area contributed by atoms with Gasteiger partial charge in [0.2, 0.25) is 5.91 Å². The number of fused-ring (bicyclic) bond motifs is 1. The number of hydrogen-bond acceptors (Lipinski definition) is 6. The second-order valence-corrected chi connectivity index (χ2v) is 11.3. The largest absolute Gasteiger partial charge is 0.478 e. The van der Waals surface area contributed by atoms with Crippen LogP contribution in [0.25, 0.3) is 28.0 Å². The first-order valence-electron chi connectivity index (χ1n) is 15.3. The van der Waals surface area contributed by atoms with E-state index in [9.17, 15) is 14.7 Å². The molecule has 2 N–H and O–H groups in total. The first-order valence-corrected chi connectivity index (χ1v) is 15.3. The van der Waals surface area contributed by atoms with Crippen LogP contribution in [0, 0.1) is 0 Å². The van der Waals surface area contributed by atoms with E-state index < -0.39 is 5.97 Å². The van der Waals surface area contributed by atoms with Crippen molar-refractivity contribution in [3.8, 4) is 22.4 Å². The Balaban J connectivity index is 1.09. The molecule has 1 aliphatic heterocycles. The van der Waals surface area contributed by atoms with Crippen molar-refractivity contribution in [3.63, 3.8) is 0 Å². The van der Waals surface area contributed by atoms with E-state index in [1.165, 1.54) is 0 Å². The molecule has 0 unspecified atom stereocenters. The number of benzene rings is 4. The summed E-state index contributed by atoms with van der Waals surface area (Å²) < 4.78 is 1.99. The fourth-order valence-electron chi connectivity index (χ4n) is 5.64. The number of oxime groups is 1. The number of aromatic carboxylic acids is 1. The van der Waals surface area contributed by atoms with Crippen molar-refractivity contribution in [3.05, 3.63) is 138 Å². The number of pyridine rings is 1. The molecule has 2 aromatic heterocycles. The number of imidazole rings is 1. The lowest BCUT2D eigenvalue weighted by molar-refractivity contribution is -0.117. The second kappa shape index (κ2) is 13.0. The molecule has 6 aromatic rings. The van der Waals surface area contributed by atoms with E-state index in [4.69, 9.17) is 9.82 Å². The average Bonchev–Trinajstić information content (AvgIpc) is 3.70. The molecular formula is C38H31N5O4. The van der Waals surface area contributed by atoms with E-state index in [1.807, 2.05) is 82.2 Å². The highest BCUT2D eigenvalue weighted by molar-refractivity contribution is 5.95. The molecule has 0 spiro atoms. The SMILES string of the molecule is O=C(O)c1ccc(Nc2c(-c3ccc(CO/N=C/c4ccc(N5CCCC5=O)cc4)cc3)nc3cc(-c4ccccc4)ccn23)cc1. The Hall–Kier alpha value is -6.22. The van der Waals surface area contributed by atoms with E-state index in [-0.39, 0.29) is 11.5 Å². The minimum Gasteiger partial charge on any atom is -0.478 e. The molecule has 7 rings (SSSR count). The first-order chi connectivity index (χ1) is 23.0. The van der Waals surface area contributed by atoms with Crippen molar-refractivity contribution >= 4 is 40.9 Å².